The Kier molecular flexibility index (Phi) is 7.59. The molecule has 4 aliphatic rings. The third-order valence-corrected chi connectivity index (χ3v) is 8.47. The van der Waals surface area contributed by atoms with E-state index in [9.17, 15) is 42.3 Å². The largest absolute Gasteiger partial charge is 0.573 e. The third kappa shape index (κ3) is 5.25. The molecular formula is C30H28F3NO8. The number of allylic oxidation sites excluding steroid dienone is 6. The topological polar surface area (TPSA) is 138 Å². The molecule has 1 aromatic rings. The summed E-state index contributed by atoms with van der Waals surface area (Å²) in [6.45, 7) is 1.58. The van der Waals surface area contributed by atoms with Crippen LogP contribution in [0, 0.1) is 17.8 Å². The maximum Gasteiger partial charge on any atom is 0.573 e. The van der Waals surface area contributed by atoms with Crippen LogP contribution < -0.4 is 4.74 Å². The number of ketones is 2. The number of ether oxygens (including phenoxy) is 1. The molecule has 2 amide bonds. The Balaban J connectivity index is 1.53. The Morgan fingerprint density at radius 3 is 2.50 bits per heavy atom. The van der Waals surface area contributed by atoms with Crippen LogP contribution in [0.5, 0.6) is 11.5 Å². The molecule has 5 rings (SSSR count). The Morgan fingerprint density at radius 1 is 1.07 bits per heavy atom. The summed E-state index contributed by atoms with van der Waals surface area (Å²) >= 11 is 0. The van der Waals surface area contributed by atoms with E-state index in [1.54, 1.807) is 6.08 Å². The number of fused-ring (bicyclic) bond motifs is 3. The molecule has 0 spiro atoms. The molecule has 222 valence electrons. The fourth-order valence-electron chi connectivity index (χ4n) is 6.71. The zero-order chi connectivity index (χ0) is 30.5. The van der Waals surface area contributed by atoms with Gasteiger partial charge in [-0.1, -0.05) is 18.1 Å². The molecule has 3 aliphatic carbocycles. The number of halogens is 3. The van der Waals surface area contributed by atoms with Gasteiger partial charge in [-0.05, 0) is 62.8 Å². The summed E-state index contributed by atoms with van der Waals surface area (Å²) in [6, 6.07) is 2.92. The van der Waals surface area contributed by atoms with Crippen LogP contribution in [0.1, 0.15) is 56.9 Å². The monoisotopic (exact) mass is 587 g/mol. The molecule has 2 N–H and O–H groups in total. The zero-order valence-electron chi connectivity index (χ0n) is 22.6. The van der Waals surface area contributed by atoms with Crippen molar-refractivity contribution in [2.45, 2.75) is 57.7 Å². The molecule has 42 heavy (non-hydrogen) atoms. The molecule has 1 heterocycles. The molecule has 0 radical (unpaired) electrons. The fourth-order valence-corrected chi connectivity index (χ4v) is 6.71. The number of nitrogens with zero attached hydrogens (tertiary/aromatic N) is 1. The van der Waals surface area contributed by atoms with E-state index in [2.05, 4.69) is 4.74 Å². The number of likely N-dealkylation sites (tertiary alicyclic amines) is 1. The summed E-state index contributed by atoms with van der Waals surface area (Å²) in [5.74, 6) is -7.19. The smallest absolute Gasteiger partial charge is 0.508 e. The second kappa shape index (κ2) is 10.9. The number of alkyl halides is 3. The van der Waals surface area contributed by atoms with Crippen LogP contribution in [0.3, 0.4) is 0 Å². The molecule has 12 heteroatoms. The van der Waals surface area contributed by atoms with Crippen LogP contribution in [-0.2, 0) is 24.0 Å². The molecule has 0 saturated carbocycles. The number of aliphatic carboxylic acids is 1. The van der Waals surface area contributed by atoms with Crippen molar-refractivity contribution >= 4 is 29.4 Å². The van der Waals surface area contributed by atoms with Crippen molar-refractivity contribution in [3.8, 4) is 11.5 Å². The Bertz CT molecular complexity index is 1490. The summed E-state index contributed by atoms with van der Waals surface area (Å²) in [5, 5.41) is 19.6. The van der Waals surface area contributed by atoms with Gasteiger partial charge in [0.05, 0.1) is 11.8 Å². The number of hydrogen-bond acceptors (Lipinski definition) is 7. The maximum atomic E-state index is 13.7. The minimum atomic E-state index is -5.02. The number of phenols is 1. The highest BCUT2D eigenvalue weighted by Crippen LogP contribution is 2.56. The van der Waals surface area contributed by atoms with E-state index in [0.29, 0.717) is 24.8 Å². The number of rotatable bonds is 8. The van der Waals surface area contributed by atoms with Gasteiger partial charge in [0.25, 0.3) is 0 Å². The van der Waals surface area contributed by atoms with E-state index in [1.165, 1.54) is 11.8 Å². The van der Waals surface area contributed by atoms with E-state index in [1.807, 2.05) is 0 Å². The molecular weight excluding hydrogens is 559 g/mol. The Morgan fingerprint density at radius 2 is 1.81 bits per heavy atom. The molecule has 1 aromatic carbocycles. The number of Topliss-reactive ketones (excluding diaryl/α,β-unsaturated/α-hetero) is 1. The maximum absolute atomic E-state index is 13.7. The molecule has 0 aromatic heterocycles. The van der Waals surface area contributed by atoms with Gasteiger partial charge in [-0.25, -0.2) is 0 Å². The first-order valence-electron chi connectivity index (χ1n) is 13.6. The number of imide groups is 1. The average Bonchev–Trinajstić information content (AvgIpc) is 3.15. The lowest BCUT2D eigenvalue weighted by Gasteiger charge is -2.42. The van der Waals surface area contributed by atoms with Crippen LogP contribution in [0.25, 0.3) is 0 Å². The Hall–Kier alpha value is -4.22. The second-order valence-corrected chi connectivity index (χ2v) is 11.0. The number of hydrogen-bond donors (Lipinski definition) is 2. The number of amides is 2. The summed E-state index contributed by atoms with van der Waals surface area (Å²) in [5.41, 5.74) is 0.708. The lowest BCUT2D eigenvalue weighted by molar-refractivity contribution is -0.274. The van der Waals surface area contributed by atoms with Crippen LogP contribution in [0.2, 0.25) is 0 Å². The van der Waals surface area contributed by atoms with Gasteiger partial charge in [0, 0.05) is 41.2 Å². The molecule has 4 unspecified atom stereocenters. The number of benzene rings is 1. The van der Waals surface area contributed by atoms with E-state index < -0.39 is 65.0 Å². The number of phenolic OH excluding ortho intramolecular Hbond substituents is 1. The van der Waals surface area contributed by atoms with Crippen molar-refractivity contribution in [3.63, 3.8) is 0 Å². The molecule has 1 saturated heterocycles. The van der Waals surface area contributed by atoms with Crippen molar-refractivity contribution in [2.24, 2.45) is 17.8 Å². The minimum absolute atomic E-state index is 0.0143. The van der Waals surface area contributed by atoms with Crippen LogP contribution in [0.15, 0.2) is 52.6 Å². The van der Waals surface area contributed by atoms with Crippen molar-refractivity contribution in [2.75, 3.05) is 6.54 Å². The molecule has 4 atom stereocenters. The minimum Gasteiger partial charge on any atom is -0.508 e. The predicted octanol–water partition coefficient (Wildman–Crippen LogP) is 4.37. The van der Waals surface area contributed by atoms with E-state index in [4.69, 9.17) is 5.11 Å². The van der Waals surface area contributed by atoms with Gasteiger partial charge in [0.2, 0.25) is 11.8 Å². The van der Waals surface area contributed by atoms with E-state index in [-0.39, 0.29) is 54.0 Å². The first-order valence-corrected chi connectivity index (χ1v) is 13.6. The number of unbranched alkanes of at least 4 members (excludes halogenated alkanes) is 2. The summed E-state index contributed by atoms with van der Waals surface area (Å²) in [4.78, 5) is 65.5. The van der Waals surface area contributed by atoms with Gasteiger partial charge < -0.3 is 14.9 Å². The highest BCUT2D eigenvalue weighted by atomic mass is 19.4. The van der Waals surface area contributed by atoms with Gasteiger partial charge in [0.1, 0.15) is 11.5 Å². The number of carbonyl (C=O) groups excluding carboxylic acids is 4. The normalized spacial score (nSPS) is 25.6. The van der Waals surface area contributed by atoms with Crippen LogP contribution in [-0.4, -0.2) is 57.4 Å². The number of aromatic hydroxyl groups is 1. The lowest BCUT2D eigenvalue weighted by Crippen LogP contribution is -2.40. The number of carboxylic acids is 1. The highest BCUT2D eigenvalue weighted by molar-refractivity contribution is 6.23. The first kappa shape index (κ1) is 29.3. The fraction of sp³-hybridized carbons (Fsp3) is 0.433. The number of carbonyl (C=O) groups is 5. The van der Waals surface area contributed by atoms with Crippen molar-refractivity contribution in [1.82, 2.24) is 4.90 Å². The second-order valence-electron chi connectivity index (χ2n) is 11.0. The van der Waals surface area contributed by atoms with Crippen molar-refractivity contribution in [3.05, 3.63) is 58.2 Å². The third-order valence-electron chi connectivity index (χ3n) is 8.47. The van der Waals surface area contributed by atoms with Gasteiger partial charge in [-0.2, -0.15) is 0 Å². The lowest BCUT2D eigenvalue weighted by atomic mass is 9.59. The zero-order valence-corrected chi connectivity index (χ0v) is 22.6. The summed E-state index contributed by atoms with van der Waals surface area (Å²) < 4.78 is 43.1. The van der Waals surface area contributed by atoms with E-state index in [0.717, 1.165) is 24.3 Å². The quantitative estimate of drug-likeness (QED) is 0.198. The number of carboxylic acid groups (broad SMARTS) is 1. The van der Waals surface area contributed by atoms with Crippen molar-refractivity contribution < 1.29 is 52.1 Å². The average molecular weight is 588 g/mol. The van der Waals surface area contributed by atoms with Gasteiger partial charge in [-0.3, -0.25) is 28.9 Å². The summed E-state index contributed by atoms with van der Waals surface area (Å²) in [6.07, 6.45) is -0.753. The molecule has 0 bridgehead atoms. The Labute approximate surface area is 238 Å². The molecule has 9 nitrogen and oxygen atoms in total. The van der Waals surface area contributed by atoms with Crippen molar-refractivity contribution in [1.29, 1.82) is 0 Å². The van der Waals surface area contributed by atoms with Gasteiger partial charge in [-0.15, -0.1) is 13.2 Å². The van der Waals surface area contributed by atoms with Gasteiger partial charge in [0.15, 0.2) is 11.6 Å². The summed E-state index contributed by atoms with van der Waals surface area (Å²) in [7, 11) is 0. The van der Waals surface area contributed by atoms with E-state index >= 15 is 0 Å². The molecule has 1 fully saturated rings. The first-order chi connectivity index (χ1) is 19.8. The van der Waals surface area contributed by atoms with Gasteiger partial charge >= 0.3 is 12.3 Å². The predicted molar refractivity (Wildman–Crippen MR) is 139 cm³/mol. The standard InChI is InChI=1S/C30H28F3NO8/c1-14-11-22(36)26-20(27(14)39)13-18-16(24(26)19-12-15(6-9-21(19)35)42-30(31,32)33)7-8-17-25(18)29(41)34(28(17)40)10-4-2-3-5-23(37)38/h6-7,9,11-12,17-18,24-25,35H,2-5,8,10,13H2,1H3,(H,37,38). The SMILES string of the molecule is CC1=CC(=O)C2=C(CC3C(=CCC4C(=O)N(CCCCCC(=O)O)C(=O)C43)C2c2cc(OC(F)(F)F)ccc2O)C1=O. The van der Waals surface area contributed by atoms with Crippen LogP contribution in [0.4, 0.5) is 13.2 Å². The van der Waals surface area contributed by atoms with Crippen LogP contribution >= 0.6 is 0 Å². The molecule has 1 aliphatic heterocycles. The highest BCUT2D eigenvalue weighted by Gasteiger charge is 2.56.